The summed E-state index contributed by atoms with van der Waals surface area (Å²) >= 11 is 3.46. The molecule has 0 saturated carbocycles. The van der Waals surface area contributed by atoms with Crippen LogP contribution in [-0.2, 0) is 0 Å². The highest BCUT2D eigenvalue weighted by Crippen LogP contribution is 2.17. The molecule has 0 radical (unpaired) electrons. The Labute approximate surface area is 145 Å². The zero-order valence-corrected chi connectivity index (χ0v) is 13.9. The van der Waals surface area contributed by atoms with E-state index < -0.39 is 4.92 Å². The molecule has 1 aromatic carbocycles. The average molecular weight is 386 g/mol. The second-order valence-corrected chi connectivity index (χ2v) is 5.73. The number of benzene rings is 1. The van der Waals surface area contributed by atoms with Crippen LogP contribution >= 0.6 is 15.9 Å². The molecule has 0 fully saturated rings. The van der Waals surface area contributed by atoms with Crippen molar-refractivity contribution in [3.63, 3.8) is 0 Å². The summed E-state index contributed by atoms with van der Waals surface area (Å²) in [5.41, 5.74) is 4.57. The van der Waals surface area contributed by atoms with E-state index in [9.17, 15) is 10.1 Å². The summed E-state index contributed by atoms with van der Waals surface area (Å²) in [4.78, 5) is 14.0. The molecule has 7 nitrogen and oxygen atoms in total. The number of nitrogens with one attached hydrogen (secondary N) is 1. The van der Waals surface area contributed by atoms with E-state index in [2.05, 4.69) is 31.4 Å². The van der Waals surface area contributed by atoms with Gasteiger partial charge in [0.2, 0.25) is 0 Å². The molecule has 2 aromatic heterocycles. The number of hydrazone groups is 1. The normalized spacial score (nSPS) is 10.9. The van der Waals surface area contributed by atoms with Crippen LogP contribution in [0.3, 0.4) is 0 Å². The first kappa shape index (κ1) is 15.9. The van der Waals surface area contributed by atoms with Gasteiger partial charge < -0.3 is 4.57 Å². The Morgan fingerprint density at radius 1 is 1.25 bits per heavy atom. The van der Waals surface area contributed by atoms with Crippen molar-refractivity contribution in [1.82, 2.24) is 9.55 Å². The Bertz CT molecular complexity index is 889. The summed E-state index contributed by atoms with van der Waals surface area (Å²) in [6.07, 6.45) is 4.78. The van der Waals surface area contributed by atoms with E-state index in [1.165, 1.54) is 18.3 Å². The molecule has 2 heterocycles. The van der Waals surface area contributed by atoms with Crippen LogP contribution in [0.4, 0.5) is 11.5 Å². The van der Waals surface area contributed by atoms with Crippen molar-refractivity contribution in [2.45, 2.75) is 0 Å². The summed E-state index contributed by atoms with van der Waals surface area (Å²) in [6, 6.07) is 14.6. The molecule has 1 N–H and O–H groups in total. The van der Waals surface area contributed by atoms with Crippen molar-refractivity contribution < 1.29 is 4.92 Å². The lowest BCUT2D eigenvalue weighted by atomic mass is 10.3. The minimum Gasteiger partial charge on any atom is -0.316 e. The molecule has 3 aromatic rings. The third kappa shape index (κ3) is 3.66. The second-order valence-electron chi connectivity index (χ2n) is 4.81. The summed E-state index contributed by atoms with van der Waals surface area (Å²) < 4.78 is 2.98. The van der Waals surface area contributed by atoms with Gasteiger partial charge in [0.15, 0.2) is 0 Å². The molecule has 0 saturated heterocycles. The number of halogens is 1. The lowest BCUT2D eigenvalue weighted by molar-refractivity contribution is -0.385. The van der Waals surface area contributed by atoms with Crippen LogP contribution in [-0.4, -0.2) is 20.7 Å². The lowest BCUT2D eigenvalue weighted by Gasteiger charge is -2.06. The molecule has 0 aliphatic carbocycles. The highest BCUT2D eigenvalue weighted by molar-refractivity contribution is 9.10. The Morgan fingerprint density at radius 2 is 2.12 bits per heavy atom. The Kier molecular flexibility index (Phi) is 4.66. The third-order valence-corrected chi connectivity index (χ3v) is 3.69. The Morgan fingerprint density at radius 3 is 2.83 bits per heavy atom. The molecule has 8 heteroatoms. The molecule has 0 unspecified atom stereocenters. The predicted molar refractivity (Wildman–Crippen MR) is 95.6 cm³/mol. The zero-order valence-electron chi connectivity index (χ0n) is 12.3. The van der Waals surface area contributed by atoms with Gasteiger partial charge in [-0.2, -0.15) is 5.10 Å². The molecular weight excluding hydrogens is 374 g/mol. The van der Waals surface area contributed by atoms with Gasteiger partial charge in [-0.05, 0) is 36.4 Å². The van der Waals surface area contributed by atoms with E-state index in [-0.39, 0.29) is 5.69 Å². The molecule has 24 heavy (non-hydrogen) atoms. The number of nitrogens with zero attached hydrogens (tertiary/aromatic N) is 4. The first-order valence-electron chi connectivity index (χ1n) is 6.96. The van der Waals surface area contributed by atoms with Crippen LogP contribution in [0.25, 0.3) is 5.69 Å². The molecule has 0 aliphatic rings. The Hall–Kier alpha value is -3.00. The Balaban J connectivity index is 1.74. The summed E-state index contributed by atoms with van der Waals surface area (Å²) in [5, 5.41) is 14.7. The maximum Gasteiger partial charge on any atom is 0.287 e. The van der Waals surface area contributed by atoms with Gasteiger partial charge in [0.1, 0.15) is 12.0 Å². The fraction of sp³-hybridized carbons (Fsp3) is 0. The minimum absolute atomic E-state index is 0.0620. The van der Waals surface area contributed by atoms with Gasteiger partial charge in [-0.25, -0.2) is 4.98 Å². The number of nitro groups is 1. The van der Waals surface area contributed by atoms with E-state index >= 15 is 0 Å². The van der Waals surface area contributed by atoms with Crippen molar-refractivity contribution in [2.75, 3.05) is 5.43 Å². The van der Waals surface area contributed by atoms with Gasteiger partial charge in [0, 0.05) is 22.4 Å². The predicted octanol–water partition coefficient (Wildman–Crippen LogP) is 3.99. The fourth-order valence-electron chi connectivity index (χ4n) is 2.09. The van der Waals surface area contributed by atoms with E-state index in [4.69, 9.17) is 0 Å². The molecule has 3 rings (SSSR count). The van der Waals surface area contributed by atoms with Crippen molar-refractivity contribution >= 4 is 33.6 Å². The smallest absolute Gasteiger partial charge is 0.287 e. The van der Waals surface area contributed by atoms with E-state index in [1.807, 2.05) is 47.2 Å². The number of aromatic nitrogens is 2. The van der Waals surface area contributed by atoms with Gasteiger partial charge in [-0.15, -0.1) is 0 Å². The van der Waals surface area contributed by atoms with Crippen molar-refractivity contribution in [2.24, 2.45) is 5.10 Å². The largest absolute Gasteiger partial charge is 0.316 e. The first-order valence-corrected chi connectivity index (χ1v) is 7.75. The van der Waals surface area contributed by atoms with Crippen molar-refractivity contribution in [3.05, 3.63) is 81.2 Å². The lowest BCUT2D eigenvalue weighted by Crippen LogP contribution is -2.00. The number of hydrogen-bond donors (Lipinski definition) is 1. The molecule has 0 bridgehead atoms. The maximum atomic E-state index is 10.6. The van der Waals surface area contributed by atoms with E-state index in [1.54, 1.807) is 6.21 Å². The average Bonchev–Trinajstić information content (AvgIpc) is 3.04. The molecule has 0 amide bonds. The van der Waals surface area contributed by atoms with Gasteiger partial charge >= 0.3 is 0 Å². The molecule has 0 atom stereocenters. The van der Waals surface area contributed by atoms with Crippen LogP contribution in [0.5, 0.6) is 0 Å². The van der Waals surface area contributed by atoms with Crippen LogP contribution in [0, 0.1) is 10.1 Å². The van der Waals surface area contributed by atoms with Gasteiger partial charge in [-0.3, -0.25) is 15.5 Å². The fourth-order valence-corrected chi connectivity index (χ4v) is 2.47. The molecular formula is C16H12BrN5O2. The second kappa shape index (κ2) is 7.05. The number of hydrogen-bond acceptors (Lipinski definition) is 5. The summed E-state index contributed by atoms with van der Waals surface area (Å²) in [5.74, 6) is 0.428. The third-order valence-electron chi connectivity index (χ3n) is 3.20. The van der Waals surface area contributed by atoms with Crippen LogP contribution < -0.4 is 5.43 Å². The van der Waals surface area contributed by atoms with Gasteiger partial charge in [0.25, 0.3) is 5.69 Å². The van der Waals surface area contributed by atoms with Gasteiger partial charge in [0.05, 0.1) is 16.8 Å². The van der Waals surface area contributed by atoms with Crippen LogP contribution in [0.2, 0.25) is 0 Å². The van der Waals surface area contributed by atoms with Crippen molar-refractivity contribution in [3.8, 4) is 5.69 Å². The number of rotatable bonds is 5. The molecule has 0 spiro atoms. The summed E-state index contributed by atoms with van der Waals surface area (Å²) in [7, 11) is 0. The topological polar surface area (TPSA) is 85.4 Å². The number of anilines is 1. The highest BCUT2D eigenvalue weighted by Gasteiger charge is 2.05. The highest BCUT2D eigenvalue weighted by atomic mass is 79.9. The first-order chi connectivity index (χ1) is 11.6. The van der Waals surface area contributed by atoms with Crippen LogP contribution in [0.1, 0.15) is 5.69 Å². The van der Waals surface area contributed by atoms with E-state index in [0.717, 1.165) is 15.9 Å². The zero-order chi connectivity index (χ0) is 16.9. The summed E-state index contributed by atoms with van der Waals surface area (Å²) in [6.45, 7) is 0. The van der Waals surface area contributed by atoms with Gasteiger partial charge in [-0.1, -0.05) is 22.0 Å². The SMILES string of the molecule is O=[N+]([O-])c1ccc(N/N=C\c2cccn2-c2cccc(Br)c2)nc1. The van der Waals surface area contributed by atoms with Crippen molar-refractivity contribution in [1.29, 1.82) is 0 Å². The van der Waals surface area contributed by atoms with E-state index in [0.29, 0.717) is 5.82 Å². The molecule has 0 aliphatic heterocycles. The minimum atomic E-state index is -0.495. The molecule has 120 valence electrons. The number of pyridine rings is 1. The standard InChI is InChI=1S/C16H12BrN5O2/c17-12-3-1-4-13(9-12)21-8-2-5-14(21)11-19-20-16-7-6-15(10-18-16)22(23)24/h1-11H,(H,18,20)/b19-11-. The van der Waals surface area contributed by atoms with Crippen LogP contribution in [0.15, 0.2) is 70.5 Å². The monoisotopic (exact) mass is 385 g/mol. The maximum absolute atomic E-state index is 10.6. The quantitative estimate of drug-likeness (QED) is 0.408.